The van der Waals surface area contributed by atoms with Crippen LogP contribution in [0.5, 0.6) is 0 Å². The molecule has 1 aromatic carbocycles. The SMILES string of the molecule is CCC(=O)N1C(=O)N(c2ccccc2)[C@@H]2[C@H]3CC[C@@](C)([C@@H]21)C3(C)C. The fourth-order valence-corrected chi connectivity index (χ4v) is 5.71. The second-order valence-electron chi connectivity index (χ2n) is 8.33. The maximum absolute atomic E-state index is 13.2. The molecule has 24 heavy (non-hydrogen) atoms. The van der Waals surface area contributed by atoms with Crippen LogP contribution in [0, 0.1) is 16.7 Å². The Kier molecular flexibility index (Phi) is 3.16. The summed E-state index contributed by atoms with van der Waals surface area (Å²) in [6.45, 7) is 8.78. The van der Waals surface area contributed by atoms with Gasteiger partial charge in [-0.25, -0.2) is 4.79 Å². The molecule has 3 amide bonds. The van der Waals surface area contributed by atoms with Crippen LogP contribution < -0.4 is 4.90 Å². The van der Waals surface area contributed by atoms with Gasteiger partial charge in [0, 0.05) is 12.1 Å². The number of imide groups is 1. The van der Waals surface area contributed by atoms with E-state index in [1.165, 1.54) is 0 Å². The third kappa shape index (κ3) is 1.64. The quantitative estimate of drug-likeness (QED) is 0.822. The molecule has 2 bridgehead atoms. The third-order valence-electron chi connectivity index (χ3n) is 7.36. The Bertz CT molecular complexity index is 699. The number of carbonyl (C=O) groups is 2. The molecule has 1 aliphatic heterocycles. The van der Waals surface area contributed by atoms with Crippen molar-refractivity contribution in [2.45, 2.75) is 59.0 Å². The average Bonchev–Trinajstić information content (AvgIpc) is 3.06. The molecule has 3 aliphatic rings. The van der Waals surface area contributed by atoms with Crippen LogP contribution in [0.25, 0.3) is 0 Å². The number of benzene rings is 1. The van der Waals surface area contributed by atoms with E-state index in [9.17, 15) is 9.59 Å². The zero-order valence-corrected chi connectivity index (χ0v) is 15.0. The summed E-state index contributed by atoms with van der Waals surface area (Å²) in [6, 6.07) is 9.81. The lowest BCUT2D eigenvalue weighted by atomic mass is 9.69. The fourth-order valence-electron chi connectivity index (χ4n) is 5.71. The van der Waals surface area contributed by atoms with Crippen molar-refractivity contribution in [1.82, 2.24) is 4.90 Å². The predicted octanol–water partition coefficient (Wildman–Crippen LogP) is 4.06. The highest BCUT2D eigenvalue weighted by molar-refractivity contribution is 6.06. The van der Waals surface area contributed by atoms with Crippen molar-refractivity contribution < 1.29 is 9.59 Å². The van der Waals surface area contributed by atoms with Crippen molar-refractivity contribution in [3.05, 3.63) is 30.3 Å². The van der Waals surface area contributed by atoms with Gasteiger partial charge in [0.05, 0.1) is 12.1 Å². The molecule has 0 spiro atoms. The normalized spacial score (nSPS) is 36.3. The van der Waals surface area contributed by atoms with Crippen molar-refractivity contribution >= 4 is 17.6 Å². The van der Waals surface area contributed by atoms with E-state index in [2.05, 4.69) is 20.8 Å². The van der Waals surface area contributed by atoms with Crippen LogP contribution in [0.15, 0.2) is 30.3 Å². The molecule has 0 radical (unpaired) electrons. The summed E-state index contributed by atoms with van der Waals surface area (Å²) in [5.74, 6) is 0.393. The summed E-state index contributed by atoms with van der Waals surface area (Å²) in [6.07, 6.45) is 2.60. The maximum Gasteiger partial charge on any atom is 0.331 e. The number of anilines is 1. The Labute approximate surface area is 143 Å². The molecule has 0 N–H and O–H groups in total. The number of hydrogen-bond acceptors (Lipinski definition) is 2. The molecule has 2 aliphatic carbocycles. The molecule has 3 fully saturated rings. The molecule has 4 nitrogen and oxygen atoms in total. The molecule has 4 rings (SSSR count). The Morgan fingerprint density at radius 3 is 2.50 bits per heavy atom. The Balaban J connectivity index is 1.87. The van der Waals surface area contributed by atoms with Crippen molar-refractivity contribution in [3.63, 3.8) is 0 Å². The largest absolute Gasteiger partial charge is 0.331 e. The number of para-hydroxylation sites is 1. The van der Waals surface area contributed by atoms with Crippen molar-refractivity contribution in [2.75, 3.05) is 4.90 Å². The van der Waals surface area contributed by atoms with Crippen molar-refractivity contribution in [2.24, 2.45) is 16.7 Å². The first-order valence-electron chi connectivity index (χ1n) is 9.05. The van der Waals surface area contributed by atoms with Crippen molar-refractivity contribution in [3.8, 4) is 0 Å². The molecule has 4 atom stereocenters. The summed E-state index contributed by atoms with van der Waals surface area (Å²) in [4.78, 5) is 29.4. The van der Waals surface area contributed by atoms with Gasteiger partial charge in [-0.1, -0.05) is 45.9 Å². The summed E-state index contributed by atoms with van der Waals surface area (Å²) < 4.78 is 0. The zero-order chi connectivity index (χ0) is 17.3. The first-order chi connectivity index (χ1) is 11.3. The smallest absolute Gasteiger partial charge is 0.288 e. The molecule has 1 aromatic rings. The van der Waals surface area contributed by atoms with Gasteiger partial charge in [-0.2, -0.15) is 0 Å². The second-order valence-corrected chi connectivity index (χ2v) is 8.33. The molecule has 0 unspecified atom stereocenters. The molecule has 1 saturated heterocycles. The van der Waals surface area contributed by atoms with Gasteiger partial charge in [0.25, 0.3) is 0 Å². The van der Waals surface area contributed by atoms with Gasteiger partial charge in [-0.15, -0.1) is 0 Å². The summed E-state index contributed by atoms with van der Waals surface area (Å²) in [5, 5.41) is 0. The summed E-state index contributed by atoms with van der Waals surface area (Å²) in [5.41, 5.74) is 1.03. The number of rotatable bonds is 2. The van der Waals surface area contributed by atoms with E-state index in [0.29, 0.717) is 12.3 Å². The van der Waals surface area contributed by atoms with Gasteiger partial charge in [-0.05, 0) is 41.7 Å². The number of carbonyl (C=O) groups excluding carboxylic acids is 2. The van der Waals surface area contributed by atoms with Crippen molar-refractivity contribution in [1.29, 1.82) is 0 Å². The van der Waals surface area contributed by atoms with E-state index in [-0.39, 0.29) is 34.9 Å². The Hall–Kier alpha value is -1.84. The standard InChI is InChI=1S/C20H26N2O2/c1-5-15(23)22-17-16(14-11-12-20(17,4)19(14,2)3)21(18(22)24)13-9-7-6-8-10-13/h6-10,14,16-17H,5,11-12H2,1-4H3/t14-,16-,17-,20+/m1/s1. The molecule has 4 heteroatoms. The zero-order valence-electron chi connectivity index (χ0n) is 15.0. The lowest BCUT2D eigenvalue weighted by Gasteiger charge is -2.41. The fraction of sp³-hybridized carbons (Fsp3) is 0.600. The number of hydrogen-bond donors (Lipinski definition) is 0. The van der Waals surface area contributed by atoms with Gasteiger partial charge < -0.3 is 0 Å². The van der Waals surface area contributed by atoms with Crippen LogP contribution in [-0.2, 0) is 4.79 Å². The van der Waals surface area contributed by atoms with Gasteiger partial charge in [-0.3, -0.25) is 14.6 Å². The maximum atomic E-state index is 13.2. The Morgan fingerprint density at radius 1 is 1.21 bits per heavy atom. The lowest BCUT2D eigenvalue weighted by molar-refractivity contribution is -0.131. The van der Waals surface area contributed by atoms with Gasteiger partial charge in [0.2, 0.25) is 5.91 Å². The third-order valence-corrected chi connectivity index (χ3v) is 7.36. The molecular weight excluding hydrogens is 300 g/mol. The van der Waals surface area contributed by atoms with E-state index in [0.717, 1.165) is 18.5 Å². The van der Waals surface area contributed by atoms with Crippen LogP contribution in [0.4, 0.5) is 10.5 Å². The van der Waals surface area contributed by atoms with Crippen LogP contribution in [0.1, 0.15) is 47.0 Å². The number of amides is 3. The van der Waals surface area contributed by atoms with E-state index in [4.69, 9.17) is 0 Å². The molecule has 1 heterocycles. The van der Waals surface area contributed by atoms with Gasteiger partial charge in [0.15, 0.2) is 0 Å². The highest BCUT2D eigenvalue weighted by Gasteiger charge is 2.73. The van der Waals surface area contributed by atoms with E-state index >= 15 is 0 Å². The number of fused-ring (bicyclic) bond motifs is 5. The minimum atomic E-state index is -0.128. The lowest BCUT2D eigenvalue weighted by Crippen LogP contribution is -2.50. The molecule has 0 aromatic heterocycles. The van der Waals surface area contributed by atoms with Crippen LogP contribution in [0.3, 0.4) is 0 Å². The van der Waals surface area contributed by atoms with E-state index in [1.54, 1.807) is 4.90 Å². The average molecular weight is 326 g/mol. The minimum absolute atomic E-state index is 0.00759. The first kappa shape index (κ1) is 15.7. The Morgan fingerprint density at radius 2 is 1.88 bits per heavy atom. The monoisotopic (exact) mass is 326 g/mol. The highest BCUT2D eigenvalue weighted by Crippen LogP contribution is 2.69. The molecule has 128 valence electrons. The predicted molar refractivity (Wildman–Crippen MR) is 93.6 cm³/mol. The van der Waals surface area contributed by atoms with E-state index in [1.807, 2.05) is 42.2 Å². The van der Waals surface area contributed by atoms with Crippen LogP contribution in [-0.4, -0.2) is 28.9 Å². The minimum Gasteiger partial charge on any atom is -0.288 e. The molecular formula is C20H26N2O2. The van der Waals surface area contributed by atoms with Crippen LogP contribution >= 0.6 is 0 Å². The van der Waals surface area contributed by atoms with Crippen LogP contribution in [0.2, 0.25) is 0 Å². The van der Waals surface area contributed by atoms with Gasteiger partial charge in [0.1, 0.15) is 0 Å². The second kappa shape index (κ2) is 4.84. The summed E-state index contributed by atoms with van der Waals surface area (Å²) >= 11 is 0. The highest BCUT2D eigenvalue weighted by atomic mass is 16.2. The first-order valence-corrected chi connectivity index (χ1v) is 9.05. The molecule has 2 saturated carbocycles. The van der Waals surface area contributed by atoms with Gasteiger partial charge >= 0.3 is 6.03 Å². The van der Waals surface area contributed by atoms with E-state index < -0.39 is 0 Å². The topological polar surface area (TPSA) is 40.6 Å². The number of urea groups is 1. The number of nitrogens with zero attached hydrogens (tertiary/aromatic N) is 2. The summed E-state index contributed by atoms with van der Waals surface area (Å²) in [7, 11) is 0.